The van der Waals surface area contributed by atoms with Gasteiger partial charge in [-0.2, -0.15) is 0 Å². The van der Waals surface area contributed by atoms with E-state index in [0.717, 1.165) is 0 Å². The van der Waals surface area contributed by atoms with Crippen molar-refractivity contribution in [1.82, 2.24) is 0 Å². The first-order valence-electron chi connectivity index (χ1n) is 0.715. The van der Waals surface area contributed by atoms with E-state index in [-0.39, 0.29) is 0 Å². The molecule has 0 aromatic heterocycles. The van der Waals surface area contributed by atoms with Gasteiger partial charge in [-0.15, -0.1) is 0 Å². The molecule has 0 rings (SSSR count). The Kier molecular flexibility index (Phi) is 1.93. The molecule has 1 N–H and O–H groups in total. The summed E-state index contributed by atoms with van der Waals surface area (Å²) in [5.74, 6) is 0. The second-order valence-corrected chi connectivity index (χ2v) is 0.915. The molecular weight excluding hydrogens is 119 g/mol. The molecule has 0 bridgehead atoms. The second-order valence-electron chi connectivity index (χ2n) is 0.291. The molecule has 33 valence electrons. The summed E-state index contributed by atoms with van der Waals surface area (Å²) >= 11 is -0.597. The summed E-state index contributed by atoms with van der Waals surface area (Å²) in [5, 5.41) is 7.38. The zero-order valence-electron chi connectivity index (χ0n) is 2.08. The summed E-state index contributed by atoms with van der Waals surface area (Å²) in [4.78, 5) is 7.66. The van der Waals surface area contributed by atoms with Crippen molar-refractivity contribution < 1.29 is 28.2 Å². The maximum absolute atomic E-state index is 9.03. The molecule has 0 spiro atoms. The summed E-state index contributed by atoms with van der Waals surface area (Å²) < 4.78 is 8.97. The van der Waals surface area contributed by atoms with Crippen molar-refractivity contribution in [2.75, 3.05) is 0 Å². The first kappa shape index (κ1) is 4.76. The Morgan fingerprint density at radius 1 is 1.80 bits per heavy atom. The zero-order valence-corrected chi connectivity index (χ0v) is 3.07. The van der Waals surface area contributed by atoms with Gasteiger partial charge in [0.2, 0.25) is 0 Å². The Balaban J connectivity index is 3.20. The third kappa shape index (κ3) is 3.76. The van der Waals surface area contributed by atoms with Crippen molar-refractivity contribution in [3.05, 3.63) is 0 Å². The van der Waals surface area contributed by atoms with Gasteiger partial charge < -0.3 is 0 Å². The fraction of sp³-hybridized carbons (Fsp3) is 0. The average Bonchev–Trinajstić information content (AvgIpc) is 1.38. The molecule has 3 nitrogen and oxygen atoms in total. The van der Waals surface area contributed by atoms with Gasteiger partial charge in [0, 0.05) is 0 Å². The number of hydrogen-bond donors (Lipinski definition) is 1. The summed E-state index contributed by atoms with van der Waals surface area (Å²) in [5.41, 5.74) is 0. The molecule has 0 aliphatic rings. The van der Waals surface area contributed by atoms with Crippen LogP contribution in [0.5, 0.6) is 0 Å². The third-order valence-corrected chi connectivity index (χ3v) is 0.228. The minimum absolute atomic E-state index is 0.597. The van der Waals surface area contributed by atoms with E-state index in [2.05, 4.69) is 0 Å². The molecule has 0 aliphatic carbocycles. The molecule has 0 fully saturated rings. The van der Waals surface area contributed by atoms with Gasteiger partial charge in [0.05, 0.1) is 0 Å². The van der Waals surface area contributed by atoms with Crippen LogP contribution in [-0.4, -0.2) is 10.0 Å². The van der Waals surface area contributed by atoms with Crippen LogP contribution in [0.15, 0.2) is 0 Å². The van der Waals surface area contributed by atoms with Crippen LogP contribution in [0.2, 0.25) is 0 Å². The predicted octanol–water partition coefficient (Wildman–Crippen LogP) is 0.0924. The topological polar surface area (TPSA) is 54.4 Å². The van der Waals surface area contributed by atoms with Gasteiger partial charge in [0.15, 0.2) is 0 Å². The van der Waals surface area contributed by atoms with E-state index in [9.17, 15) is 0 Å². The van der Waals surface area contributed by atoms with Crippen molar-refractivity contribution >= 4 is 4.94 Å². The zero-order chi connectivity index (χ0) is 4.28. The van der Waals surface area contributed by atoms with Crippen molar-refractivity contribution in [3.63, 3.8) is 0 Å². The summed E-state index contributed by atoms with van der Waals surface area (Å²) in [7, 11) is 0. The molecule has 0 saturated heterocycles. The molecule has 4 heteroatoms. The Labute approximate surface area is 34.0 Å². The summed E-state index contributed by atoms with van der Waals surface area (Å²) in [6.45, 7) is 0. The first-order valence-corrected chi connectivity index (χ1v) is 1.61. The van der Waals surface area contributed by atoms with Crippen molar-refractivity contribution in [2.24, 2.45) is 0 Å². The fourth-order valence-corrected chi connectivity index (χ4v) is 0. The van der Waals surface area contributed by atoms with Gasteiger partial charge in [0.25, 0.3) is 0 Å². The molecule has 0 atom stereocenters. The van der Waals surface area contributed by atoms with Gasteiger partial charge in [0.1, 0.15) is 0 Å². The molecule has 0 radical (unpaired) electrons. The molecule has 5 heavy (non-hydrogen) atoms. The fourth-order valence-electron chi connectivity index (χ4n) is 0. The quantitative estimate of drug-likeness (QED) is 0.498. The van der Waals surface area contributed by atoms with Crippen LogP contribution in [0.1, 0.15) is 0 Å². The molecular formula is CHNiO3. The van der Waals surface area contributed by atoms with Crippen LogP contribution in [0, 0.1) is 0 Å². The number of rotatable bonds is 1. The molecule has 0 aromatic rings. The number of hydrogen-bond acceptors (Lipinski definition) is 2. The van der Waals surface area contributed by atoms with Crippen LogP contribution < -0.4 is 0 Å². The molecule has 0 amide bonds. The maximum atomic E-state index is 9.03. The second kappa shape index (κ2) is 2.03. The first-order chi connectivity index (χ1) is 2.27. The van der Waals surface area contributed by atoms with Gasteiger partial charge >= 0.3 is 33.1 Å². The Morgan fingerprint density at radius 3 is 2.00 bits per heavy atom. The molecule has 0 aliphatic heterocycles. The Bertz CT molecular complexity index is 57.9. The van der Waals surface area contributed by atoms with E-state index in [0.29, 0.717) is 0 Å². The van der Waals surface area contributed by atoms with Crippen molar-refractivity contribution in [1.29, 1.82) is 0 Å². The Morgan fingerprint density at radius 2 is 2.00 bits per heavy atom. The SMILES string of the molecule is [O]=[Ni][C](=O)O. The summed E-state index contributed by atoms with van der Waals surface area (Å²) in [6.07, 6.45) is 0. The van der Waals surface area contributed by atoms with Crippen molar-refractivity contribution in [3.8, 4) is 0 Å². The van der Waals surface area contributed by atoms with Crippen LogP contribution >= 0.6 is 0 Å². The van der Waals surface area contributed by atoms with Gasteiger partial charge in [-0.05, 0) is 0 Å². The molecule has 0 heterocycles. The Hall–Kier alpha value is -0.236. The normalized spacial score (nSPS) is 8.00. The van der Waals surface area contributed by atoms with E-state index < -0.39 is 19.3 Å². The van der Waals surface area contributed by atoms with E-state index in [1.165, 1.54) is 0 Å². The predicted molar refractivity (Wildman–Crippen MR) is 8.71 cm³/mol. The van der Waals surface area contributed by atoms with E-state index in [1.807, 2.05) is 0 Å². The van der Waals surface area contributed by atoms with Gasteiger partial charge in [-0.3, -0.25) is 0 Å². The van der Waals surface area contributed by atoms with Crippen molar-refractivity contribution in [2.45, 2.75) is 0 Å². The monoisotopic (exact) mass is 119 g/mol. The minimum atomic E-state index is -1.36. The third-order valence-electron chi connectivity index (χ3n) is 0.0552. The standard InChI is InChI=1S/CHO2.Ni.O/c2-1-3;;/h(H,2,3);;. The average molecular weight is 120 g/mol. The summed E-state index contributed by atoms with van der Waals surface area (Å²) in [6, 6.07) is 0. The number of carbonyl (C=O) groups is 1. The van der Waals surface area contributed by atoms with Crippen LogP contribution in [-0.2, 0) is 18.3 Å². The van der Waals surface area contributed by atoms with Crippen LogP contribution in [0.25, 0.3) is 0 Å². The van der Waals surface area contributed by atoms with E-state index in [4.69, 9.17) is 13.8 Å². The number of carboxylic acid groups (broad SMARTS) is 1. The van der Waals surface area contributed by atoms with E-state index in [1.54, 1.807) is 0 Å². The van der Waals surface area contributed by atoms with E-state index >= 15 is 0 Å². The molecule has 0 aromatic carbocycles. The van der Waals surface area contributed by atoms with Gasteiger partial charge in [-0.25, -0.2) is 0 Å². The van der Waals surface area contributed by atoms with Crippen LogP contribution in [0.4, 0.5) is 4.79 Å². The van der Waals surface area contributed by atoms with Gasteiger partial charge in [-0.1, -0.05) is 0 Å². The van der Waals surface area contributed by atoms with Crippen LogP contribution in [0.3, 0.4) is 0 Å². The molecule has 0 saturated carbocycles. The molecule has 0 unspecified atom stereocenters.